The summed E-state index contributed by atoms with van der Waals surface area (Å²) in [7, 11) is 0. The van der Waals surface area contributed by atoms with Gasteiger partial charge in [0.05, 0.1) is 6.61 Å². The highest BCUT2D eigenvalue weighted by molar-refractivity contribution is 5.01. The van der Waals surface area contributed by atoms with E-state index in [0.717, 1.165) is 6.61 Å². The normalized spacial score (nSPS) is 42.2. The molecule has 1 heterocycles. The molecule has 0 aromatic carbocycles. The van der Waals surface area contributed by atoms with Crippen molar-refractivity contribution in [2.45, 2.75) is 12.5 Å². The first kappa shape index (κ1) is 3.88. The maximum absolute atomic E-state index is 5.12. The lowest BCUT2D eigenvalue weighted by atomic mass is 10.2. The number of hydrogen-bond donors (Lipinski definition) is 0. The Morgan fingerprint density at radius 2 is 2.50 bits per heavy atom. The molecule has 6 heavy (non-hydrogen) atoms. The van der Waals surface area contributed by atoms with E-state index in [0.29, 0.717) is 0 Å². The molecule has 1 aliphatic rings. The first-order valence-electron chi connectivity index (χ1n) is 1.97. The predicted octanol–water partition coefficient (Wildman–Crippen LogP) is 0.764. The highest BCUT2D eigenvalue weighted by Gasteiger charge is 2.35. The molecule has 1 radical (unpaired) electrons. The Kier molecular flexibility index (Phi) is 0.549. The van der Waals surface area contributed by atoms with Gasteiger partial charge in [-0.1, -0.05) is 12.7 Å². The molecule has 0 aromatic rings. The van der Waals surface area contributed by atoms with Gasteiger partial charge in [0.2, 0.25) is 0 Å². The molecular weight excluding hydrogens is 76.1 g/mol. The maximum atomic E-state index is 5.12. The van der Waals surface area contributed by atoms with Crippen LogP contribution in [0, 0.1) is 6.58 Å². The molecule has 0 N–H and O–H groups in total. The summed E-state index contributed by atoms with van der Waals surface area (Å²) in [5.41, 5.74) is -0.0556. The first-order chi connectivity index (χ1) is 2.77. The van der Waals surface area contributed by atoms with Crippen LogP contribution in [0.15, 0.2) is 6.08 Å². The molecule has 1 rings (SSSR count). The van der Waals surface area contributed by atoms with Gasteiger partial charge in [0.25, 0.3) is 0 Å². The molecule has 0 amide bonds. The van der Waals surface area contributed by atoms with Crippen molar-refractivity contribution in [3.8, 4) is 0 Å². The molecule has 1 nitrogen and oxygen atoms in total. The Hall–Kier alpha value is -0.300. The lowest BCUT2D eigenvalue weighted by Gasteiger charge is -1.85. The third-order valence-electron chi connectivity index (χ3n) is 0.952. The van der Waals surface area contributed by atoms with Crippen LogP contribution < -0.4 is 0 Å². The SMILES string of the molecule is [CH]=CC1(C)CO1. The Labute approximate surface area is 37.6 Å². The molecule has 1 saturated heterocycles. The van der Waals surface area contributed by atoms with Crippen molar-refractivity contribution in [3.63, 3.8) is 0 Å². The van der Waals surface area contributed by atoms with Crippen molar-refractivity contribution >= 4 is 0 Å². The van der Waals surface area contributed by atoms with E-state index < -0.39 is 0 Å². The van der Waals surface area contributed by atoms with E-state index in [1.165, 1.54) is 0 Å². The fourth-order valence-electron chi connectivity index (χ4n) is 0.210. The quantitative estimate of drug-likeness (QED) is 0.426. The second kappa shape index (κ2) is 0.850. The summed E-state index contributed by atoms with van der Waals surface area (Å²) in [5.74, 6) is 0. The third-order valence-corrected chi connectivity index (χ3v) is 0.952. The van der Waals surface area contributed by atoms with E-state index in [4.69, 9.17) is 11.3 Å². The van der Waals surface area contributed by atoms with Crippen LogP contribution in [-0.4, -0.2) is 12.2 Å². The Morgan fingerprint density at radius 1 is 2.00 bits per heavy atom. The standard InChI is InChI=1S/C5H7O/c1-3-5(2)4-6-5/h1,3H,4H2,2H3. The first-order valence-corrected chi connectivity index (χ1v) is 1.97. The van der Waals surface area contributed by atoms with E-state index in [2.05, 4.69) is 0 Å². The molecule has 0 aliphatic carbocycles. The van der Waals surface area contributed by atoms with Crippen molar-refractivity contribution in [2.24, 2.45) is 0 Å². The van der Waals surface area contributed by atoms with Gasteiger partial charge in [-0.25, -0.2) is 0 Å². The fraction of sp³-hybridized carbons (Fsp3) is 0.600. The van der Waals surface area contributed by atoms with Crippen molar-refractivity contribution in [1.82, 2.24) is 0 Å². The molecule has 0 bridgehead atoms. The number of ether oxygens (including phenoxy) is 1. The lowest BCUT2D eigenvalue weighted by molar-refractivity contribution is 0.370. The zero-order chi connectivity index (χ0) is 4.62. The summed E-state index contributed by atoms with van der Waals surface area (Å²) in [4.78, 5) is 0. The number of hydrogen-bond acceptors (Lipinski definition) is 1. The monoisotopic (exact) mass is 83.0 g/mol. The van der Waals surface area contributed by atoms with Gasteiger partial charge in [-0.2, -0.15) is 0 Å². The van der Waals surface area contributed by atoms with Crippen LogP contribution in [0.4, 0.5) is 0 Å². The molecule has 1 aliphatic heterocycles. The number of rotatable bonds is 1. The highest BCUT2D eigenvalue weighted by Crippen LogP contribution is 2.25. The maximum Gasteiger partial charge on any atom is 0.107 e. The fourth-order valence-corrected chi connectivity index (χ4v) is 0.210. The summed E-state index contributed by atoms with van der Waals surface area (Å²) in [6.45, 7) is 7.86. The van der Waals surface area contributed by atoms with Gasteiger partial charge in [-0.3, -0.25) is 0 Å². The number of epoxide rings is 1. The van der Waals surface area contributed by atoms with Gasteiger partial charge in [0.1, 0.15) is 5.60 Å². The largest absolute Gasteiger partial charge is 0.365 e. The average Bonchev–Trinajstić information content (AvgIpc) is 2.22. The smallest absolute Gasteiger partial charge is 0.107 e. The highest BCUT2D eigenvalue weighted by atomic mass is 16.6. The molecule has 1 unspecified atom stereocenters. The Morgan fingerprint density at radius 3 is 2.50 bits per heavy atom. The summed E-state index contributed by atoms with van der Waals surface area (Å²) in [6.07, 6.45) is 1.58. The van der Waals surface area contributed by atoms with E-state index in [1.54, 1.807) is 6.08 Å². The lowest BCUT2D eigenvalue weighted by Crippen LogP contribution is -1.94. The molecule has 1 fully saturated rings. The van der Waals surface area contributed by atoms with Crippen LogP contribution >= 0.6 is 0 Å². The predicted molar refractivity (Wildman–Crippen MR) is 23.2 cm³/mol. The molecule has 0 spiro atoms. The van der Waals surface area contributed by atoms with Gasteiger partial charge in [-0.05, 0) is 6.92 Å². The van der Waals surface area contributed by atoms with E-state index in [9.17, 15) is 0 Å². The Balaban J connectivity index is 2.47. The van der Waals surface area contributed by atoms with Crippen molar-refractivity contribution in [1.29, 1.82) is 0 Å². The van der Waals surface area contributed by atoms with Gasteiger partial charge in [-0.15, -0.1) is 0 Å². The molecule has 0 saturated carbocycles. The molecule has 33 valence electrons. The summed E-state index contributed by atoms with van der Waals surface area (Å²) < 4.78 is 4.86. The molecule has 1 atom stereocenters. The summed E-state index contributed by atoms with van der Waals surface area (Å²) in [6, 6.07) is 0. The van der Waals surface area contributed by atoms with Crippen LogP contribution in [0.3, 0.4) is 0 Å². The summed E-state index contributed by atoms with van der Waals surface area (Å²) in [5, 5.41) is 0. The topological polar surface area (TPSA) is 12.5 Å². The second-order valence-electron chi connectivity index (χ2n) is 1.77. The van der Waals surface area contributed by atoms with Gasteiger partial charge in [0, 0.05) is 0 Å². The van der Waals surface area contributed by atoms with E-state index in [1.807, 2.05) is 6.92 Å². The van der Waals surface area contributed by atoms with Crippen LogP contribution in [0.2, 0.25) is 0 Å². The van der Waals surface area contributed by atoms with E-state index in [-0.39, 0.29) is 5.60 Å². The van der Waals surface area contributed by atoms with Crippen LogP contribution in [0.1, 0.15) is 6.92 Å². The van der Waals surface area contributed by atoms with Crippen LogP contribution in [0.5, 0.6) is 0 Å². The van der Waals surface area contributed by atoms with E-state index >= 15 is 0 Å². The minimum atomic E-state index is -0.0556. The zero-order valence-electron chi connectivity index (χ0n) is 3.77. The second-order valence-corrected chi connectivity index (χ2v) is 1.77. The van der Waals surface area contributed by atoms with Crippen molar-refractivity contribution in [2.75, 3.05) is 6.61 Å². The Bertz CT molecular complexity index is 72.0. The zero-order valence-corrected chi connectivity index (χ0v) is 3.77. The molecular formula is C5H7O. The van der Waals surface area contributed by atoms with Gasteiger partial charge < -0.3 is 4.74 Å². The molecule has 0 aromatic heterocycles. The van der Waals surface area contributed by atoms with Gasteiger partial charge >= 0.3 is 0 Å². The third kappa shape index (κ3) is 0.455. The molecule has 1 heteroatoms. The van der Waals surface area contributed by atoms with Crippen LogP contribution in [-0.2, 0) is 4.74 Å². The summed E-state index contributed by atoms with van der Waals surface area (Å²) >= 11 is 0. The minimum absolute atomic E-state index is 0.0556. The average molecular weight is 83.1 g/mol. The van der Waals surface area contributed by atoms with Crippen molar-refractivity contribution < 1.29 is 4.74 Å². The minimum Gasteiger partial charge on any atom is -0.365 e. The van der Waals surface area contributed by atoms with Crippen LogP contribution in [0.25, 0.3) is 0 Å². The van der Waals surface area contributed by atoms with Crippen molar-refractivity contribution in [3.05, 3.63) is 12.7 Å². The van der Waals surface area contributed by atoms with Gasteiger partial charge in [0.15, 0.2) is 0 Å².